The molecule has 0 spiro atoms. The normalized spacial score (nSPS) is 16.8. The molecule has 0 aliphatic heterocycles. The SMILES string of the molecule is O=S(=O)(c1cnc(Cl)nc1)N(CCO)C1CCC1. The van der Waals surface area contributed by atoms with Crippen molar-refractivity contribution < 1.29 is 13.5 Å². The van der Waals surface area contributed by atoms with Crippen LogP contribution < -0.4 is 0 Å². The van der Waals surface area contributed by atoms with Crippen LogP contribution in [0.1, 0.15) is 19.3 Å². The summed E-state index contributed by atoms with van der Waals surface area (Å²) in [6.07, 6.45) is 5.04. The Morgan fingerprint density at radius 2 is 2.00 bits per heavy atom. The predicted octanol–water partition coefficient (Wildman–Crippen LogP) is 0.666. The zero-order chi connectivity index (χ0) is 13.2. The zero-order valence-electron chi connectivity index (χ0n) is 9.66. The van der Waals surface area contributed by atoms with Gasteiger partial charge in [0.05, 0.1) is 19.0 Å². The third-order valence-electron chi connectivity index (χ3n) is 3.01. The van der Waals surface area contributed by atoms with Gasteiger partial charge in [0.25, 0.3) is 0 Å². The molecule has 0 aromatic carbocycles. The number of hydrogen-bond donors (Lipinski definition) is 1. The molecule has 1 saturated carbocycles. The fourth-order valence-corrected chi connectivity index (χ4v) is 3.51. The van der Waals surface area contributed by atoms with E-state index in [1.54, 1.807) is 0 Å². The lowest BCUT2D eigenvalue weighted by Crippen LogP contribution is -2.45. The van der Waals surface area contributed by atoms with Crippen molar-refractivity contribution in [2.45, 2.75) is 30.2 Å². The molecule has 0 atom stereocenters. The van der Waals surface area contributed by atoms with Crippen LogP contribution >= 0.6 is 11.6 Å². The Kier molecular flexibility index (Phi) is 4.16. The van der Waals surface area contributed by atoms with E-state index < -0.39 is 10.0 Å². The van der Waals surface area contributed by atoms with Crippen LogP contribution in [-0.4, -0.2) is 47.0 Å². The fourth-order valence-electron chi connectivity index (χ4n) is 1.84. The van der Waals surface area contributed by atoms with Gasteiger partial charge in [-0.1, -0.05) is 6.42 Å². The molecule has 0 radical (unpaired) electrons. The van der Waals surface area contributed by atoms with Gasteiger partial charge < -0.3 is 5.11 Å². The van der Waals surface area contributed by atoms with Crippen LogP contribution in [0, 0.1) is 0 Å². The Bertz CT molecular complexity index is 502. The van der Waals surface area contributed by atoms with Crippen molar-refractivity contribution in [3.05, 3.63) is 17.7 Å². The van der Waals surface area contributed by atoms with Crippen molar-refractivity contribution >= 4 is 21.6 Å². The standard InChI is InChI=1S/C10H14ClN3O3S/c11-10-12-6-9(7-13-10)18(16,17)14(4-5-15)8-2-1-3-8/h6-8,15H,1-5H2. The average Bonchev–Trinajstić information content (AvgIpc) is 2.26. The van der Waals surface area contributed by atoms with Crippen molar-refractivity contribution in [2.75, 3.05) is 13.2 Å². The molecular formula is C10H14ClN3O3S. The first-order chi connectivity index (χ1) is 8.55. The monoisotopic (exact) mass is 291 g/mol. The number of aliphatic hydroxyl groups is 1. The molecule has 1 aromatic rings. The summed E-state index contributed by atoms with van der Waals surface area (Å²) in [5, 5.41) is 9.01. The number of sulfonamides is 1. The summed E-state index contributed by atoms with van der Waals surface area (Å²) >= 11 is 5.53. The maximum absolute atomic E-state index is 12.4. The maximum atomic E-state index is 12.4. The van der Waals surface area contributed by atoms with Gasteiger partial charge >= 0.3 is 0 Å². The van der Waals surface area contributed by atoms with E-state index in [2.05, 4.69) is 9.97 Å². The Morgan fingerprint density at radius 3 is 2.44 bits per heavy atom. The zero-order valence-corrected chi connectivity index (χ0v) is 11.2. The minimum Gasteiger partial charge on any atom is -0.395 e. The third kappa shape index (κ3) is 2.64. The van der Waals surface area contributed by atoms with Crippen molar-refractivity contribution in [3.63, 3.8) is 0 Å². The lowest BCUT2D eigenvalue weighted by Gasteiger charge is -2.35. The molecule has 0 saturated heterocycles. The molecule has 1 fully saturated rings. The first-order valence-corrected chi connectivity index (χ1v) is 7.48. The highest BCUT2D eigenvalue weighted by Crippen LogP contribution is 2.29. The molecule has 1 aromatic heterocycles. The van der Waals surface area contributed by atoms with Crippen LogP contribution in [0.2, 0.25) is 5.28 Å². The summed E-state index contributed by atoms with van der Waals surface area (Å²) in [6, 6.07) is -0.0298. The van der Waals surface area contributed by atoms with E-state index in [-0.39, 0.29) is 29.4 Å². The van der Waals surface area contributed by atoms with Crippen molar-refractivity contribution in [2.24, 2.45) is 0 Å². The molecule has 1 N–H and O–H groups in total. The Labute approximate surface area is 111 Å². The topological polar surface area (TPSA) is 83.4 Å². The van der Waals surface area contributed by atoms with Gasteiger partial charge in [-0.25, -0.2) is 18.4 Å². The van der Waals surface area contributed by atoms with Crippen LogP contribution in [0.15, 0.2) is 17.3 Å². The summed E-state index contributed by atoms with van der Waals surface area (Å²) in [5.41, 5.74) is 0. The van der Waals surface area contributed by atoms with Gasteiger partial charge in [-0.3, -0.25) is 0 Å². The number of aromatic nitrogens is 2. The number of rotatable bonds is 5. The van der Waals surface area contributed by atoms with E-state index in [4.69, 9.17) is 16.7 Å². The second-order valence-corrected chi connectivity index (χ2v) is 6.34. The van der Waals surface area contributed by atoms with Crippen LogP contribution in [0.4, 0.5) is 0 Å². The van der Waals surface area contributed by atoms with Crippen molar-refractivity contribution in [1.29, 1.82) is 0 Å². The summed E-state index contributed by atoms with van der Waals surface area (Å²) in [6.45, 7) is -0.111. The average molecular weight is 292 g/mol. The largest absolute Gasteiger partial charge is 0.395 e. The van der Waals surface area contributed by atoms with Gasteiger partial charge in [-0.2, -0.15) is 4.31 Å². The highest BCUT2D eigenvalue weighted by atomic mass is 35.5. The minimum absolute atomic E-state index is 0.00584. The van der Waals surface area contributed by atoms with E-state index in [0.717, 1.165) is 19.3 Å². The van der Waals surface area contributed by atoms with Gasteiger partial charge in [0.2, 0.25) is 15.3 Å². The molecule has 18 heavy (non-hydrogen) atoms. The quantitative estimate of drug-likeness (QED) is 0.806. The van der Waals surface area contributed by atoms with E-state index in [1.165, 1.54) is 16.7 Å². The van der Waals surface area contributed by atoms with Gasteiger partial charge in [0.1, 0.15) is 4.90 Å². The molecule has 0 unspecified atom stereocenters. The van der Waals surface area contributed by atoms with Crippen LogP contribution in [0.25, 0.3) is 0 Å². The van der Waals surface area contributed by atoms with Crippen LogP contribution in [0.5, 0.6) is 0 Å². The van der Waals surface area contributed by atoms with Crippen molar-refractivity contribution in [1.82, 2.24) is 14.3 Å². The molecule has 0 bridgehead atoms. The van der Waals surface area contributed by atoms with E-state index in [9.17, 15) is 8.42 Å². The first-order valence-electron chi connectivity index (χ1n) is 5.66. The van der Waals surface area contributed by atoms with E-state index in [1.807, 2.05) is 0 Å². The van der Waals surface area contributed by atoms with Gasteiger partial charge in [0.15, 0.2) is 0 Å². The minimum atomic E-state index is -3.65. The molecular weight excluding hydrogens is 278 g/mol. The van der Waals surface area contributed by atoms with Gasteiger partial charge in [-0.05, 0) is 24.4 Å². The predicted molar refractivity (Wildman–Crippen MR) is 65.7 cm³/mol. The molecule has 100 valence electrons. The molecule has 8 heteroatoms. The fraction of sp³-hybridized carbons (Fsp3) is 0.600. The second kappa shape index (κ2) is 5.48. The summed E-state index contributed by atoms with van der Waals surface area (Å²) < 4.78 is 26.0. The molecule has 2 rings (SSSR count). The van der Waals surface area contributed by atoms with E-state index in [0.29, 0.717) is 0 Å². The molecule has 6 nitrogen and oxygen atoms in total. The summed E-state index contributed by atoms with van der Waals surface area (Å²) in [5.74, 6) is 0. The number of halogens is 1. The van der Waals surface area contributed by atoms with E-state index >= 15 is 0 Å². The summed E-state index contributed by atoms with van der Waals surface area (Å²) in [4.78, 5) is 7.36. The lowest BCUT2D eigenvalue weighted by molar-refractivity contribution is 0.178. The molecule has 1 aliphatic rings. The maximum Gasteiger partial charge on any atom is 0.246 e. The molecule has 1 heterocycles. The number of nitrogens with zero attached hydrogens (tertiary/aromatic N) is 3. The molecule has 1 aliphatic carbocycles. The second-order valence-electron chi connectivity index (χ2n) is 4.11. The van der Waals surface area contributed by atoms with Gasteiger partial charge in [-0.15, -0.1) is 0 Å². The van der Waals surface area contributed by atoms with Crippen LogP contribution in [-0.2, 0) is 10.0 Å². The number of hydrogen-bond acceptors (Lipinski definition) is 5. The Balaban J connectivity index is 2.29. The summed E-state index contributed by atoms with van der Waals surface area (Å²) in [7, 11) is -3.65. The molecule has 0 amide bonds. The number of aliphatic hydroxyl groups excluding tert-OH is 1. The third-order valence-corrected chi connectivity index (χ3v) is 5.11. The van der Waals surface area contributed by atoms with Gasteiger partial charge in [0, 0.05) is 12.6 Å². The van der Waals surface area contributed by atoms with Crippen LogP contribution in [0.3, 0.4) is 0 Å². The Morgan fingerprint density at radius 1 is 1.39 bits per heavy atom. The highest BCUT2D eigenvalue weighted by molar-refractivity contribution is 7.89. The first kappa shape index (κ1) is 13.7. The lowest BCUT2D eigenvalue weighted by atomic mass is 9.93. The Hall–Kier alpha value is -0.760. The smallest absolute Gasteiger partial charge is 0.246 e. The highest BCUT2D eigenvalue weighted by Gasteiger charge is 2.34. The van der Waals surface area contributed by atoms with Crippen molar-refractivity contribution in [3.8, 4) is 0 Å².